The maximum absolute atomic E-state index is 13.8. The van der Waals surface area contributed by atoms with E-state index in [1.165, 1.54) is 12.1 Å². The molecule has 0 saturated carbocycles. The molecular weight excluding hydrogens is 257 g/mol. The molecule has 0 radical (unpaired) electrons. The van der Waals surface area contributed by atoms with E-state index in [1.807, 2.05) is 13.0 Å². The van der Waals surface area contributed by atoms with Crippen LogP contribution in [0.5, 0.6) is 5.75 Å². The van der Waals surface area contributed by atoms with Crippen LogP contribution in [0, 0.1) is 17.1 Å². The molecule has 20 heavy (non-hydrogen) atoms. The van der Waals surface area contributed by atoms with Gasteiger partial charge in [0.25, 0.3) is 0 Å². The van der Waals surface area contributed by atoms with E-state index in [4.69, 9.17) is 15.7 Å². The highest BCUT2D eigenvalue weighted by Crippen LogP contribution is 2.27. The molecule has 2 rings (SSSR count). The SMILES string of the molecule is CCOc1cc(N)cc(Nc2ccc(C#N)cc2F)c1. The van der Waals surface area contributed by atoms with E-state index in [-0.39, 0.29) is 11.3 Å². The summed E-state index contributed by atoms with van der Waals surface area (Å²) in [6.07, 6.45) is 0. The number of hydrogen-bond acceptors (Lipinski definition) is 4. The quantitative estimate of drug-likeness (QED) is 0.836. The standard InChI is InChI=1S/C15H14FN3O/c1-2-20-13-7-11(18)6-12(8-13)19-15-4-3-10(9-17)5-14(15)16/h3-8,19H,2,18H2,1H3. The molecule has 0 heterocycles. The lowest BCUT2D eigenvalue weighted by Gasteiger charge is -2.11. The van der Waals surface area contributed by atoms with Crippen molar-refractivity contribution >= 4 is 17.1 Å². The van der Waals surface area contributed by atoms with Crippen LogP contribution in [-0.2, 0) is 0 Å². The third kappa shape index (κ3) is 3.18. The second-order valence-corrected chi connectivity index (χ2v) is 4.16. The average Bonchev–Trinajstić information content (AvgIpc) is 2.41. The predicted molar refractivity (Wildman–Crippen MR) is 76.4 cm³/mol. The zero-order valence-electron chi connectivity index (χ0n) is 11.0. The summed E-state index contributed by atoms with van der Waals surface area (Å²) in [6, 6.07) is 11.2. The molecule has 0 spiro atoms. The number of benzene rings is 2. The van der Waals surface area contributed by atoms with Crippen molar-refractivity contribution in [1.82, 2.24) is 0 Å². The van der Waals surface area contributed by atoms with Crippen molar-refractivity contribution in [2.24, 2.45) is 0 Å². The molecule has 0 bridgehead atoms. The number of nitrogens with two attached hydrogens (primary N) is 1. The molecule has 102 valence electrons. The third-order valence-corrected chi connectivity index (χ3v) is 2.62. The molecule has 0 aromatic heterocycles. The number of nitrogens with zero attached hydrogens (tertiary/aromatic N) is 1. The molecule has 2 aromatic rings. The Labute approximate surface area is 116 Å². The fourth-order valence-corrected chi connectivity index (χ4v) is 1.79. The van der Waals surface area contributed by atoms with E-state index < -0.39 is 5.82 Å². The highest BCUT2D eigenvalue weighted by molar-refractivity contribution is 5.67. The second kappa shape index (κ2) is 5.93. The summed E-state index contributed by atoms with van der Waals surface area (Å²) < 4.78 is 19.2. The summed E-state index contributed by atoms with van der Waals surface area (Å²) in [4.78, 5) is 0. The number of hydrogen-bond donors (Lipinski definition) is 2. The Morgan fingerprint density at radius 2 is 2.10 bits per heavy atom. The van der Waals surface area contributed by atoms with Crippen LogP contribution < -0.4 is 15.8 Å². The minimum atomic E-state index is -0.496. The molecule has 0 aliphatic carbocycles. The number of ether oxygens (including phenoxy) is 1. The van der Waals surface area contributed by atoms with Crippen LogP contribution in [0.3, 0.4) is 0 Å². The Hall–Kier alpha value is -2.74. The molecule has 5 heteroatoms. The Morgan fingerprint density at radius 3 is 2.75 bits per heavy atom. The summed E-state index contributed by atoms with van der Waals surface area (Å²) in [6.45, 7) is 2.39. The summed E-state index contributed by atoms with van der Waals surface area (Å²) in [5.41, 5.74) is 7.46. The van der Waals surface area contributed by atoms with Crippen molar-refractivity contribution in [1.29, 1.82) is 5.26 Å². The first kappa shape index (κ1) is 13.7. The van der Waals surface area contributed by atoms with E-state index in [1.54, 1.807) is 24.3 Å². The van der Waals surface area contributed by atoms with Gasteiger partial charge in [0.1, 0.15) is 11.6 Å². The van der Waals surface area contributed by atoms with Crippen molar-refractivity contribution in [3.8, 4) is 11.8 Å². The zero-order valence-corrected chi connectivity index (χ0v) is 11.0. The van der Waals surface area contributed by atoms with Gasteiger partial charge in [-0.2, -0.15) is 5.26 Å². The minimum Gasteiger partial charge on any atom is -0.494 e. The van der Waals surface area contributed by atoms with Crippen LogP contribution in [0.4, 0.5) is 21.5 Å². The molecule has 2 aromatic carbocycles. The van der Waals surface area contributed by atoms with Crippen molar-refractivity contribution in [2.75, 3.05) is 17.7 Å². The number of nitrogen functional groups attached to an aromatic ring is 1. The summed E-state index contributed by atoms with van der Waals surface area (Å²) >= 11 is 0. The highest BCUT2D eigenvalue weighted by atomic mass is 19.1. The molecular formula is C15H14FN3O. The van der Waals surface area contributed by atoms with Gasteiger partial charge in [-0.15, -0.1) is 0 Å². The first-order valence-corrected chi connectivity index (χ1v) is 6.12. The third-order valence-electron chi connectivity index (χ3n) is 2.62. The van der Waals surface area contributed by atoms with Crippen molar-refractivity contribution in [2.45, 2.75) is 6.92 Å². The molecule has 3 N–H and O–H groups in total. The minimum absolute atomic E-state index is 0.274. The summed E-state index contributed by atoms with van der Waals surface area (Å²) in [5.74, 6) is 0.119. The molecule has 0 unspecified atom stereocenters. The fourth-order valence-electron chi connectivity index (χ4n) is 1.79. The van der Waals surface area contributed by atoms with E-state index in [9.17, 15) is 4.39 Å². The van der Waals surface area contributed by atoms with Gasteiger partial charge in [-0.1, -0.05) is 0 Å². The van der Waals surface area contributed by atoms with Gasteiger partial charge in [0, 0.05) is 23.5 Å². The molecule has 0 atom stereocenters. The molecule has 0 amide bonds. The number of rotatable bonds is 4. The van der Waals surface area contributed by atoms with Crippen LogP contribution >= 0.6 is 0 Å². The monoisotopic (exact) mass is 271 g/mol. The van der Waals surface area contributed by atoms with Crippen molar-refractivity contribution in [3.63, 3.8) is 0 Å². The largest absolute Gasteiger partial charge is 0.494 e. The summed E-state index contributed by atoms with van der Waals surface area (Å²) in [7, 11) is 0. The predicted octanol–water partition coefficient (Wildman–Crippen LogP) is 3.42. The molecule has 0 aliphatic rings. The number of nitriles is 1. The van der Waals surface area contributed by atoms with E-state index in [0.717, 1.165) is 0 Å². The van der Waals surface area contributed by atoms with Gasteiger partial charge >= 0.3 is 0 Å². The number of nitrogens with one attached hydrogen (secondary N) is 1. The van der Waals surface area contributed by atoms with Crippen LogP contribution in [-0.4, -0.2) is 6.61 Å². The van der Waals surface area contributed by atoms with E-state index in [2.05, 4.69) is 5.32 Å². The van der Waals surface area contributed by atoms with Gasteiger partial charge in [0.15, 0.2) is 0 Å². The average molecular weight is 271 g/mol. The Balaban J connectivity index is 2.28. The second-order valence-electron chi connectivity index (χ2n) is 4.16. The van der Waals surface area contributed by atoms with Crippen LogP contribution in [0.15, 0.2) is 36.4 Å². The van der Waals surface area contributed by atoms with Gasteiger partial charge in [-0.3, -0.25) is 0 Å². The first-order chi connectivity index (χ1) is 9.62. The lowest BCUT2D eigenvalue weighted by molar-refractivity contribution is 0.340. The lowest BCUT2D eigenvalue weighted by atomic mass is 10.2. The highest BCUT2D eigenvalue weighted by Gasteiger charge is 2.06. The normalized spacial score (nSPS) is 9.85. The summed E-state index contributed by atoms with van der Waals surface area (Å²) in [5, 5.41) is 11.6. The van der Waals surface area contributed by atoms with Crippen LogP contribution in [0.1, 0.15) is 12.5 Å². The van der Waals surface area contributed by atoms with E-state index >= 15 is 0 Å². The Morgan fingerprint density at radius 1 is 1.30 bits per heavy atom. The lowest BCUT2D eigenvalue weighted by Crippen LogP contribution is -1.98. The number of halogens is 1. The maximum Gasteiger partial charge on any atom is 0.147 e. The van der Waals surface area contributed by atoms with Crippen molar-refractivity contribution < 1.29 is 9.13 Å². The molecule has 4 nitrogen and oxygen atoms in total. The first-order valence-electron chi connectivity index (χ1n) is 6.12. The molecule has 0 fully saturated rings. The van der Waals surface area contributed by atoms with Gasteiger partial charge in [-0.05, 0) is 31.2 Å². The fraction of sp³-hybridized carbons (Fsp3) is 0.133. The number of anilines is 3. The zero-order chi connectivity index (χ0) is 14.5. The van der Waals surface area contributed by atoms with Crippen LogP contribution in [0.2, 0.25) is 0 Å². The van der Waals surface area contributed by atoms with E-state index in [0.29, 0.717) is 23.7 Å². The molecule has 0 saturated heterocycles. The smallest absolute Gasteiger partial charge is 0.147 e. The molecule has 0 aliphatic heterocycles. The maximum atomic E-state index is 13.8. The van der Waals surface area contributed by atoms with Gasteiger partial charge < -0.3 is 15.8 Å². The van der Waals surface area contributed by atoms with Gasteiger partial charge in [-0.25, -0.2) is 4.39 Å². The van der Waals surface area contributed by atoms with Crippen LogP contribution in [0.25, 0.3) is 0 Å². The van der Waals surface area contributed by atoms with Crippen molar-refractivity contribution in [3.05, 3.63) is 47.8 Å². The van der Waals surface area contributed by atoms with Gasteiger partial charge in [0.05, 0.1) is 23.9 Å². The Bertz CT molecular complexity index is 665. The topological polar surface area (TPSA) is 71.1 Å². The van der Waals surface area contributed by atoms with Gasteiger partial charge in [0.2, 0.25) is 0 Å². The Kier molecular flexibility index (Phi) is 4.06.